The summed E-state index contributed by atoms with van der Waals surface area (Å²) < 4.78 is 2.14. The van der Waals surface area contributed by atoms with E-state index in [1.165, 1.54) is 11.3 Å². The molecule has 2 aromatic rings. The number of aryl methyl sites for hydroxylation is 1. The molecule has 0 aliphatic carbocycles. The van der Waals surface area contributed by atoms with Crippen molar-refractivity contribution in [1.82, 2.24) is 14.9 Å². The summed E-state index contributed by atoms with van der Waals surface area (Å²) in [5.41, 5.74) is 3.52. The van der Waals surface area contributed by atoms with E-state index < -0.39 is 0 Å². The number of aromatic nitrogens is 2. The van der Waals surface area contributed by atoms with Crippen molar-refractivity contribution in [3.63, 3.8) is 0 Å². The van der Waals surface area contributed by atoms with E-state index in [1.54, 1.807) is 0 Å². The molecule has 0 spiro atoms. The van der Waals surface area contributed by atoms with Gasteiger partial charge in [0.15, 0.2) is 0 Å². The van der Waals surface area contributed by atoms with Gasteiger partial charge in [0.1, 0.15) is 0 Å². The summed E-state index contributed by atoms with van der Waals surface area (Å²) in [5, 5.41) is 4.18. The minimum absolute atomic E-state index is 0.570. The van der Waals surface area contributed by atoms with Gasteiger partial charge in [-0.15, -0.1) is 0 Å². The Morgan fingerprint density at radius 1 is 1.32 bits per heavy atom. The standard InChI is InChI=1S/C15H18ClN3/c1-11-2-3-13(16)14(8-11)19-10-18-9-15(19)12-4-6-17-7-5-12/h2-3,8-10,12,17H,4-7H2,1H3. The highest BCUT2D eigenvalue weighted by Gasteiger charge is 2.20. The van der Waals surface area contributed by atoms with E-state index in [0.717, 1.165) is 36.6 Å². The Balaban J connectivity index is 2.01. The van der Waals surface area contributed by atoms with E-state index >= 15 is 0 Å². The van der Waals surface area contributed by atoms with Gasteiger partial charge < -0.3 is 9.88 Å². The highest BCUT2D eigenvalue weighted by atomic mass is 35.5. The predicted molar refractivity (Wildman–Crippen MR) is 78.2 cm³/mol. The van der Waals surface area contributed by atoms with Crippen LogP contribution in [0.2, 0.25) is 5.02 Å². The molecule has 4 heteroatoms. The van der Waals surface area contributed by atoms with Crippen molar-refractivity contribution in [2.75, 3.05) is 13.1 Å². The van der Waals surface area contributed by atoms with E-state index in [-0.39, 0.29) is 0 Å². The zero-order chi connectivity index (χ0) is 13.2. The molecule has 1 N–H and O–H groups in total. The van der Waals surface area contributed by atoms with Gasteiger partial charge in [0.05, 0.1) is 17.0 Å². The quantitative estimate of drug-likeness (QED) is 0.911. The van der Waals surface area contributed by atoms with Crippen molar-refractivity contribution in [2.45, 2.75) is 25.7 Å². The number of imidazole rings is 1. The molecule has 1 aliphatic heterocycles. The second-order valence-corrected chi connectivity index (χ2v) is 5.57. The summed E-state index contributed by atoms with van der Waals surface area (Å²) in [6.45, 7) is 4.25. The number of halogens is 1. The topological polar surface area (TPSA) is 29.9 Å². The lowest BCUT2D eigenvalue weighted by Gasteiger charge is -2.24. The van der Waals surface area contributed by atoms with Crippen LogP contribution in [-0.4, -0.2) is 22.6 Å². The number of piperidine rings is 1. The molecule has 0 radical (unpaired) electrons. The van der Waals surface area contributed by atoms with Crippen molar-refractivity contribution in [1.29, 1.82) is 0 Å². The largest absolute Gasteiger partial charge is 0.317 e. The Kier molecular flexibility index (Phi) is 3.58. The van der Waals surface area contributed by atoms with Gasteiger partial charge in [-0.2, -0.15) is 0 Å². The van der Waals surface area contributed by atoms with Gasteiger partial charge in [-0.25, -0.2) is 4.98 Å². The van der Waals surface area contributed by atoms with Crippen LogP contribution in [0.4, 0.5) is 0 Å². The lowest BCUT2D eigenvalue weighted by molar-refractivity contribution is 0.449. The zero-order valence-electron chi connectivity index (χ0n) is 11.1. The van der Waals surface area contributed by atoms with Gasteiger partial charge in [-0.05, 0) is 50.6 Å². The molecule has 19 heavy (non-hydrogen) atoms. The van der Waals surface area contributed by atoms with Gasteiger partial charge in [-0.3, -0.25) is 0 Å². The average molecular weight is 276 g/mol. The molecule has 1 aromatic heterocycles. The van der Waals surface area contributed by atoms with E-state index in [4.69, 9.17) is 11.6 Å². The third kappa shape index (κ3) is 2.53. The van der Waals surface area contributed by atoms with E-state index in [2.05, 4.69) is 27.9 Å². The molecule has 1 aliphatic rings. The van der Waals surface area contributed by atoms with Crippen LogP contribution >= 0.6 is 11.6 Å². The molecular weight excluding hydrogens is 258 g/mol. The Hall–Kier alpha value is -1.32. The first-order chi connectivity index (χ1) is 9.25. The number of hydrogen-bond acceptors (Lipinski definition) is 2. The fourth-order valence-electron chi connectivity index (χ4n) is 2.73. The van der Waals surface area contributed by atoms with Crippen LogP contribution in [0.1, 0.15) is 30.0 Å². The van der Waals surface area contributed by atoms with Gasteiger partial charge in [0, 0.05) is 17.8 Å². The molecule has 3 nitrogen and oxygen atoms in total. The molecule has 1 aromatic carbocycles. The number of rotatable bonds is 2. The first-order valence-electron chi connectivity index (χ1n) is 6.75. The summed E-state index contributed by atoms with van der Waals surface area (Å²) in [4.78, 5) is 4.33. The van der Waals surface area contributed by atoms with E-state index in [9.17, 15) is 0 Å². The highest BCUT2D eigenvalue weighted by molar-refractivity contribution is 6.32. The lowest BCUT2D eigenvalue weighted by atomic mass is 9.95. The van der Waals surface area contributed by atoms with Gasteiger partial charge in [-0.1, -0.05) is 17.7 Å². The maximum Gasteiger partial charge on any atom is 0.0994 e. The maximum atomic E-state index is 6.34. The molecule has 3 rings (SSSR count). The second-order valence-electron chi connectivity index (χ2n) is 5.17. The van der Waals surface area contributed by atoms with Crippen molar-refractivity contribution in [3.8, 4) is 5.69 Å². The molecule has 100 valence electrons. The fraction of sp³-hybridized carbons (Fsp3) is 0.400. The molecule has 1 saturated heterocycles. The number of benzene rings is 1. The molecular formula is C15H18ClN3. The van der Waals surface area contributed by atoms with E-state index in [1.807, 2.05) is 24.7 Å². The number of nitrogens with one attached hydrogen (secondary N) is 1. The van der Waals surface area contributed by atoms with Crippen LogP contribution < -0.4 is 5.32 Å². The first kappa shape index (κ1) is 12.7. The lowest BCUT2D eigenvalue weighted by Crippen LogP contribution is -2.27. The molecule has 0 saturated carbocycles. The van der Waals surface area contributed by atoms with Crippen LogP contribution in [0.25, 0.3) is 5.69 Å². The van der Waals surface area contributed by atoms with Crippen LogP contribution in [-0.2, 0) is 0 Å². The van der Waals surface area contributed by atoms with Crippen molar-refractivity contribution < 1.29 is 0 Å². The summed E-state index contributed by atoms with van der Waals surface area (Å²) in [6, 6.07) is 6.11. The Labute approximate surface area is 118 Å². The maximum absolute atomic E-state index is 6.34. The fourth-order valence-corrected chi connectivity index (χ4v) is 2.94. The van der Waals surface area contributed by atoms with Crippen molar-refractivity contribution in [2.24, 2.45) is 0 Å². The first-order valence-corrected chi connectivity index (χ1v) is 7.13. The summed E-state index contributed by atoms with van der Waals surface area (Å²) in [6.07, 6.45) is 6.18. The summed E-state index contributed by atoms with van der Waals surface area (Å²) >= 11 is 6.34. The van der Waals surface area contributed by atoms with Gasteiger partial charge >= 0.3 is 0 Å². The molecule has 0 amide bonds. The third-order valence-corrected chi connectivity index (χ3v) is 4.11. The highest BCUT2D eigenvalue weighted by Crippen LogP contribution is 2.30. The third-order valence-electron chi connectivity index (χ3n) is 3.79. The molecule has 0 bridgehead atoms. The van der Waals surface area contributed by atoms with Crippen LogP contribution in [0.5, 0.6) is 0 Å². The zero-order valence-corrected chi connectivity index (χ0v) is 11.8. The normalized spacial score (nSPS) is 16.7. The number of hydrogen-bond donors (Lipinski definition) is 1. The van der Waals surface area contributed by atoms with Crippen LogP contribution in [0.3, 0.4) is 0 Å². The van der Waals surface area contributed by atoms with E-state index in [0.29, 0.717) is 5.92 Å². The molecule has 2 heterocycles. The summed E-state index contributed by atoms with van der Waals surface area (Å²) in [7, 11) is 0. The molecule has 0 atom stereocenters. The minimum Gasteiger partial charge on any atom is -0.317 e. The van der Waals surface area contributed by atoms with Gasteiger partial charge in [0.2, 0.25) is 0 Å². The second kappa shape index (κ2) is 5.35. The Bertz CT molecular complexity index is 571. The average Bonchev–Trinajstić information content (AvgIpc) is 2.91. The SMILES string of the molecule is Cc1ccc(Cl)c(-n2cncc2C2CCNCC2)c1. The van der Waals surface area contributed by atoms with Crippen molar-refractivity contribution in [3.05, 3.63) is 47.0 Å². The predicted octanol–water partition coefficient (Wildman–Crippen LogP) is 3.30. The molecule has 0 unspecified atom stereocenters. The smallest absolute Gasteiger partial charge is 0.0994 e. The monoisotopic (exact) mass is 275 g/mol. The van der Waals surface area contributed by atoms with Crippen LogP contribution in [0.15, 0.2) is 30.7 Å². The van der Waals surface area contributed by atoms with Gasteiger partial charge in [0.25, 0.3) is 0 Å². The van der Waals surface area contributed by atoms with Crippen molar-refractivity contribution >= 4 is 11.6 Å². The Morgan fingerprint density at radius 3 is 2.89 bits per heavy atom. The molecule has 1 fully saturated rings. The minimum atomic E-state index is 0.570. The Morgan fingerprint density at radius 2 is 2.11 bits per heavy atom. The van der Waals surface area contributed by atoms with Crippen LogP contribution in [0, 0.1) is 6.92 Å². The summed E-state index contributed by atoms with van der Waals surface area (Å²) in [5.74, 6) is 0.570. The number of nitrogens with zero attached hydrogens (tertiary/aromatic N) is 2.